The van der Waals surface area contributed by atoms with Gasteiger partial charge in [-0.05, 0) is 66.9 Å². The molecule has 7 nitrogen and oxygen atoms in total. The van der Waals surface area contributed by atoms with E-state index in [0.29, 0.717) is 30.0 Å². The Morgan fingerprint density at radius 1 is 0.971 bits per heavy atom. The molecule has 0 N–H and O–H groups in total. The minimum absolute atomic E-state index is 0.0444. The van der Waals surface area contributed by atoms with E-state index in [0.717, 1.165) is 31.8 Å². The van der Waals surface area contributed by atoms with E-state index < -0.39 is 15.8 Å². The molecule has 1 aliphatic heterocycles. The molecule has 0 aliphatic carbocycles. The van der Waals surface area contributed by atoms with Crippen molar-refractivity contribution >= 4 is 15.7 Å². The fourth-order valence-electron chi connectivity index (χ4n) is 4.29. The van der Waals surface area contributed by atoms with Crippen LogP contribution in [-0.2, 0) is 16.6 Å². The van der Waals surface area contributed by atoms with Crippen molar-refractivity contribution in [3.8, 4) is 11.5 Å². The summed E-state index contributed by atoms with van der Waals surface area (Å²) in [7, 11) is -0.905. The number of rotatable bonds is 8. The number of benzene rings is 2. The van der Waals surface area contributed by atoms with Gasteiger partial charge in [-0.15, -0.1) is 0 Å². The van der Waals surface area contributed by atoms with Crippen LogP contribution in [0.5, 0.6) is 11.5 Å². The third-order valence-electron chi connectivity index (χ3n) is 6.04. The highest BCUT2D eigenvalue weighted by molar-refractivity contribution is 7.92. The Balaban J connectivity index is 1.64. The quantitative estimate of drug-likeness (QED) is 0.479. The van der Waals surface area contributed by atoms with Crippen molar-refractivity contribution in [1.82, 2.24) is 9.88 Å². The monoisotopic (exact) mass is 485 g/mol. The fraction of sp³-hybridized carbons (Fsp3) is 0.320. The van der Waals surface area contributed by atoms with Crippen molar-refractivity contribution in [2.24, 2.45) is 0 Å². The van der Waals surface area contributed by atoms with Crippen LogP contribution in [0.3, 0.4) is 0 Å². The van der Waals surface area contributed by atoms with E-state index in [1.54, 1.807) is 30.6 Å². The number of aromatic nitrogens is 1. The van der Waals surface area contributed by atoms with Gasteiger partial charge in [0.15, 0.2) is 11.5 Å². The van der Waals surface area contributed by atoms with Crippen molar-refractivity contribution in [2.45, 2.75) is 30.3 Å². The average molecular weight is 486 g/mol. The first-order valence-corrected chi connectivity index (χ1v) is 12.5. The van der Waals surface area contributed by atoms with Crippen molar-refractivity contribution in [3.05, 3.63) is 78.4 Å². The highest BCUT2D eigenvalue weighted by atomic mass is 32.2. The van der Waals surface area contributed by atoms with Crippen LogP contribution >= 0.6 is 0 Å². The van der Waals surface area contributed by atoms with E-state index in [9.17, 15) is 12.8 Å². The highest BCUT2D eigenvalue weighted by Crippen LogP contribution is 2.36. The Bertz CT molecular complexity index is 1200. The number of pyridine rings is 1. The summed E-state index contributed by atoms with van der Waals surface area (Å²) in [6.45, 7) is 2.28. The zero-order valence-electron chi connectivity index (χ0n) is 19.2. The lowest BCUT2D eigenvalue weighted by Crippen LogP contribution is -2.47. The van der Waals surface area contributed by atoms with Crippen LogP contribution in [0.4, 0.5) is 10.1 Å². The molecule has 0 bridgehead atoms. The maximum absolute atomic E-state index is 13.8. The fourth-order valence-corrected chi connectivity index (χ4v) is 5.99. The Hall–Kier alpha value is -3.17. The Kier molecular flexibility index (Phi) is 7.33. The van der Waals surface area contributed by atoms with Crippen molar-refractivity contribution < 1.29 is 22.3 Å². The van der Waals surface area contributed by atoms with Gasteiger partial charge in [0.25, 0.3) is 10.0 Å². The lowest BCUT2D eigenvalue weighted by molar-refractivity contribution is 0.206. The van der Waals surface area contributed by atoms with Crippen molar-refractivity contribution in [1.29, 1.82) is 0 Å². The van der Waals surface area contributed by atoms with Crippen LogP contribution in [0.15, 0.2) is 71.9 Å². The lowest BCUT2D eigenvalue weighted by atomic mass is 10.0. The smallest absolute Gasteiger partial charge is 0.264 e. The van der Waals surface area contributed by atoms with E-state index in [2.05, 4.69) is 9.88 Å². The predicted molar refractivity (Wildman–Crippen MR) is 128 cm³/mol. The maximum atomic E-state index is 13.8. The number of piperidine rings is 1. The number of halogens is 1. The molecule has 1 aromatic heterocycles. The molecule has 0 amide bonds. The van der Waals surface area contributed by atoms with Crippen molar-refractivity contribution in [3.63, 3.8) is 0 Å². The van der Waals surface area contributed by atoms with Crippen molar-refractivity contribution in [2.75, 3.05) is 31.6 Å². The van der Waals surface area contributed by atoms with Gasteiger partial charge in [0, 0.05) is 44.1 Å². The minimum Gasteiger partial charge on any atom is -0.493 e. The van der Waals surface area contributed by atoms with Crippen LogP contribution in [0.1, 0.15) is 18.4 Å². The molecule has 0 atom stereocenters. The second-order valence-electron chi connectivity index (χ2n) is 8.16. The second-order valence-corrected chi connectivity index (χ2v) is 9.97. The van der Waals surface area contributed by atoms with Gasteiger partial charge in [-0.1, -0.05) is 0 Å². The summed E-state index contributed by atoms with van der Waals surface area (Å²) in [5.41, 5.74) is 1.65. The Labute approximate surface area is 199 Å². The normalized spacial score (nSPS) is 15.1. The number of hydrogen-bond acceptors (Lipinski definition) is 6. The molecule has 0 spiro atoms. The number of anilines is 1. The standard InChI is InChI=1S/C25H28FN3O4S/c1-32-24-8-5-22(17-25(24)33-2)29(34(30,31)23-6-3-20(26)4-7-23)21-11-15-28(16-12-21)18-19-9-13-27-14-10-19/h3-10,13-14,17,21H,11-12,15-16,18H2,1-2H3. The molecule has 2 aromatic carbocycles. The van der Waals surface area contributed by atoms with Gasteiger partial charge in [-0.25, -0.2) is 12.8 Å². The molecule has 1 aliphatic rings. The summed E-state index contributed by atoms with van der Waals surface area (Å²) >= 11 is 0. The molecule has 0 unspecified atom stereocenters. The Morgan fingerprint density at radius 2 is 1.62 bits per heavy atom. The van der Waals surface area contributed by atoms with E-state index in [1.807, 2.05) is 12.1 Å². The van der Waals surface area contributed by atoms with Crippen LogP contribution < -0.4 is 13.8 Å². The van der Waals surface area contributed by atoms with Gasteiger partial charge in [-0.2, -0.15) is 0 Å². The van der Waals surface area contributed by atoms with Gasteiger partial charge in [-0.3, -0.25) is 14.2 Å². The number of hydrogen-bond donors (Lipinski definition) is 0. The van der Waals surface area contributed by atoms with Crippen LogP contribution in [0.25, 0.3) is 0 Å². The molecule has 1 fully saturated rings. The third kappa shape index (κ3) is 5.15. The molecular formula is C25H28FN3O4S. The first kappa shape index (κ1) is 24.0. The zero-order chi connectivity index (χ0) is 24.1. The van der Waals surface area contributed by atoms with Crippen LogP contribution in [0.2, 0.25) is 0 Å². The summed E-state index contributed by atoms with van der Waals surface area (Å²) in [4.78, 5) is 6.41. The number of sulfonamides is 1. The van der Waals surface area contributed by atoms with Crippen LogP contribution in [0, 0.1) is 5.82 Å². The third-order valence-corrected chi connectivity index (χ3v) is 7.93. The Morgan fingerprint density at radius 3 is 2.24 bits per heavy atom. The molecule has 4 rings (SSSR count). The molecule has 34 heavy (non-hydrogen) atoms. The first-order chi connectivity index (χ1) is 16.4. The maximum Gasteiger partial charge on any atom is 0.264 e. The molecule has 0 saturated carbocycles. The van der Waals surface area contributed by atoms with E-state index in [-0.39, 0.29) is 10.9 Å². The average Bonchev–Trinajstić information content (AvgIpc) is 2.86. The molecule has 2 heterocycles. The summed E-state index contributed by atoms with van der Waals surface area (Å²) in [6.07, 6.45) is 4.85. The number of nitrogens with zero attached hydrogens (tertiary/aromatic N) is 3. The summed E-state index contributed by atoms with van der Waals surface area (Å²) in [5.74, 6) is 0.466. The molecule has 0 radical (unpaired) electrons. The summed E-state index contributed by atoms with van der Waals surface area (Å²) in [5, 5.41) is 0. The molecule has 180 valence electrons. The van der Waals surface area contributed by atoms with E-state index in [4.69, 9.17) is 9.47 Å². The lowest BCUT2D eigenvalue weighted by Gasteiger charge is -2.39. The SMILES string of the molecule is COc1ccc(N(C2CCN(Cc3ccncc3)CC2)S(=O)(=O)c2ccc(F)cc2)cc1OC. The predicted octanol–water partition coefficient (Wildman–Crippen LogP) is 4.10. The highest BCUT2D eigenvalue weighted by Gasteiger charge is 2.34. The topological polar surface area (TPSA) is 72.0 Å². The van der Waals surface area contributed by atoms with Crippen LogP contribution in [-0.4, -0.2) is 51.7 Å². The molecule has 3 aromatic rings. The van der Waals surface area contributed by atoms with Gasteiger partial charge in [0.05, 0.1) is 24.8 Å². The molecule has 9 heteroatoms. The van der Waals surface area contributed by atoms with E-state index >= 15 is 0 Å². The molecule has 1 saturated heterocycles. The minimum atomic E-state index is -3.95. The first-order valence-electron chi connectivity index (χ1n) is 11.1. The summed E-state index contributed by atoms with van der Waals surface area (Å²) < 4.78 is 53.3. The number of methoxy groups -OCH3 is 2. The molecular weight excluding hydrogens is 457 g/mol. The summed E-state index contributed by atoms with van der Waals surface area (Å²) in [6, 6.07) is 13.7. The second kappa shape index (κ2) is 10.4. The van der Waals surface area contributed by atoms with E-state index in [1.165, 1.54) is 36.2 Å². The number of ether oxygens (including phenoxy) is 2. The van der Waals surface area contributed by atoms with Gasteiger partial charge < -0.3 is 9.47 Å². The van der Waals surface area contributed by atoms with Gasteiger partial charge in [0.1, 0.15) is 5.82 Å². The van der Waals surface area contributed by atoms with Gasteiger partial charge >= 0.3 is 0 Å². The van der Waals surface area contributed by atoms with Gasteiger partial charge in [0.2, 0.25) is 0 Å². The zero-order valence-corrected chi connectivity index (χ0v) is 20.0. The largest absolute Gasteiger partial charge is 0.493 e. The number of likely N-dealkylation sites (tertiary alicyclic amines) is 1.